The normalized spacial score (nSPS) is 13.8. The molecule has 0 saturated heterocycles. The standard InChI is InChI=1S/C8H20NO4PS/c1-7(2)12-14(5,13-8(3)4)9-15(6,10)11/h7-9H,5H2,1-4,6H3. The highest BCUT2D eigenvalue weighted by atomic mass is 32.2. The topological polar surface area (TPSA) is 64.6 Å². The monoisotopic (exact) mass is 257 g/mol. The molecule has 0 rings (SSSR count). The van der Waals surface area contributed by atoms with Crippen LogP contribution in [-0.2, 0) is 19.1 Å². The lowest BCUT2D eigenvalue weighted by Gasteiger charge is -2.28. The zero-order valence-electron chi connectivity index (χ0n) is 9.85. The summed E-state index contributed by atoms with van der Waals surface area (Å²) in [5.74, 6) is 0. The third kappa shape index (κ3) is 7.99. The maximum atomic E-state index is 11.1. The third-order valence-corrected chi connectivity index (χ3v) is 5.03. The van der Waals surface area contributed by atoms with Gasteiger partial charge in [0.2, 0.25) is 17.5 Å². The van der Waals surface area contributed by atoms with Gasteiger partial charge in [-0.2, -0.15) is 4.49 Å². The van der Waals surface area contributed by atoms with Crippen LogP contribution in [0.5, 0.6) is 0 Å². The molecule has 0 unspecified atom stereocenters. The molecular weight excluding hydrogens is 237 g/mol. The molecule has 0 amide bonds. The molecule has 0 heterocycles. The summed E-state index contributed by atoms with van der Waals surface area (Å²) >= 11 is 0. The Bertz CT molecular complexity index is 323. The summed E-state index contributed by atoms with van der Waals surface area (Å²) in [6, 6.07) is 0. The molecule has 7 heteroatoms. The maximum absolute atomic E-state index is 11.1. The summed E-state index contributed by atoms with van der Waals surface area (Å²) in [5, 5.41) is 0. The number of hydrogen-bond donors (Lipinski definition) is 1. The minimum absolute atomic E-state index is 0.149. The first-order valence-corrected chi connectivity index (χ1v) is 8.33. The summed E-state index contributed by atoms with van der Waals surface area (Å²) < 4.78 is 35.4. The van der Waals surface area contributed by atoms with Crippen molar-refractivity contribution in [1.82, 2.24) is 4.49 Å². The fourth-order valence-corrected chi connectivity index (χ4v) is 4.78. The van der Waals surface area contributed by atoms with E-state index in [1.54, 1.807) is 27.7 Å². The first-order chi connectivity index (χ1) is 6.54. The minimum atomic E-state index is -3.39. The molecule has 15 heavy (non-hydrogen) atoms. The van der Waals surface area contributed by atoms with Crippen LogP contribution in [0.25, 0.3) is 0 Å². The molecule has 92 valence electrons. The molecule has 1 N–H and O–H groups in total. The molecular formula is C8H20NO4PS. The van der Waals surface area contributed by atoms with Crippen molar-refractivity contribution in [2.75, 3.05) is 6.26 Å². The zero-order valence-corrected chi connectivity index (χ0v) is 11.6. The van der Waals surface area contributed by atoms with Crippen LogP contribution in [0.15, 0.2) is 0 Å². The largest absolute Gasteiger partial charge is 0.323 e. The van der Waals surface area contributed by atoms with Crippen LogP contribution in [0, 0.1) is 0 Å². The molecule has 0 aromatic heterocycles. The van der Waals surface area contributed by atoms with Gasteiger partial charge in [0.15, 0.2) is 0 Å². The highest BCUT2D eigenvalue weighted by molar-refractivity contribution is 7.95. The number of sulfonamides is 1. The molecule has 0 aromatic carbocycles. The Hall–Kier alpha value is 0.130. The predicted octanol–water partition coefficient (Wildman–Crippen LogP) is 1.58. The van der Waals surface area contributed by atoms with Gasteiger partial charge in [-0.05, 0) is 34.0 Å². The Morgan fingerprint density at radius 2 is 1.47 bits per heavy atom. The van der Waals surface area contributed by atoms with Crippen LogP contribution in [-0.4, -0.2) is 33.2 Å². The van der Waals surface area contributed by atoms with Crippen LogP contribution >= 0.6 is 7.49 Å². The quantitative estimate of drug-likeness (QED) is 0.734. The van der Waals surface area contributed by atoms with Crippen molar-refractivity contribution in [2.45, 2.75) is 39.9 Å². The summed E-state index contributed by atoms with van der Waals surface area (Å²) in [4.78, 5) is 0. The number of hydrogen-bond acceptors (Lipinski definition) is 4. The Balaban J connectivity index is 4.79. The lowest BCUT2D eigenvalue weighted by atomic mass is 10.5. The Morgan fingerprint density at radius 3 is 1.67 bits per heavy atom. The minimum Gasteiger partial charge on any atom is -0.323 e. The maximum Gasteiger partial charge on any atom is 0.215 e. The number of nitrogens with one attached hydrogen (secondary N) is 1. The second kappa shape index (κ2) is 5.46. The van der Waals surface area contributed by atoms with Gasteiger partial charge in [0.25, 0.3) is 0 Å². The highest BCUT2D eigenvalue weighted by Gasteiger charge is 2.23. The van der Waals surface area contributed by atoms with E-state index in [-0.39, 0.29) is 12.2 Å². The predicted molar refractivity (Wildman–Crippen MR) is 64.5 cm³/mol. The summed E-state index contributed by atoms with van der Waals surface area (Å²) in [6.07, 6.45) is 4.47. The lowest BCUT2D eigenvalue weighted by Crippen LogP contribution is -2.25. The van der Waals surface area contributed by atoms with Crippen molar-refractivity contribution in [3.63, 3.8) is 0 Å². The van der Waals surface area contributed by atoms with Gasteiger partial charge in [0.1, 0.15) is 0 Å². The molecule has 0 aliphatic rings. The molecule has 0 aliphatic carbocycles. The van der Waals surface area contributed by atoms with Gasteiger partial charge in [-0.15, -0.1) is 0 Å². The fraction of sp³-hybridized carbons (Fsp3) is 0.875. The van der Waals surface area contributed by atoms with Crippen molar-refractivity contribution in [3.05, 3.63) is 0 Å². The van der Waals surface area contributed by atoms with E-state index in [9.17, 15) is 8.42 Å². The van der Waals surface area contributed by atoms with Gasteiger partial charge in [0.05, 0.1) is 18.5 Å². The summed E-state index contributed by atoms with van der Waals surface area (Å²) in [5.41, 5.74) is 0. The van der Waals surface area contributed by atoms with Crippen molar-refractivity contribution in [3.8, 4) is 0 Å². The van der Waals surface area contributed by atoms with E-state index in [1.165, 1.54) is 0 Å². The van der Waals surface area contributed by atoms with E-state index >= 15 is 0 Å². The van der Waals surface area contributed by atoms with E-state index in [0.717, 1.165) is 6.26 Å². The molecule has 0 spiro atoms. The van der Waals surface area contributed by atoms with E-state index in [0.29, 0.717) is 0 Å². The van der Waals surface area contributed by atoms with Gasteiger partial charge in [0, 0.05) is 0 Å². The van der Waals surface area contributed by atoms with Crippen LogP contribution in [0.2, 0.25) is 0 Å². The van der Waals surface area contributed by atoms with E-state index in [4.69, 9.17) is 9.05 Å². The molecule has 5 nitrogen and oxygen atoms in total. The molecule has 0 bridgehead atoms. The van der Waals surface area contributed by atoms with Crippen molar-refractivity contribution < 1.29 is 17.5 Å². The van der Waals surface area contributed by atoms with Crippen LogP contribution in [0.1, 0.15) is 27.7 Å². The van der Waals surface area contributed by atoms with Crippen molar-refractivity contribution >= 4 is 23.8 Å². The first-order valence-electron chi connectivity index (χ1n) is 4.63. The molecule has 0 saturated carbocycles. The van der Waals surface area contributed by atoms with E-state index < -0.39 is 17.5 Å². The van der Waals surface area contributed by atoms with Gasteiger partial charge in [-0.3, -0.25) is 0 Å². The van der Waals surface area contributed by atoms with Crippen LogP contribution in [0.3, 0.4) is 0 Å². The molecule has 0 radical (unpaired) electrons. The Morgan fingerprint density at radius 1 is 1.13 bits per heavy atom. The molecule has 0 aliphatic heterocycles. The second-order valence-electron chi connectivity index (χ2n) is 3.85. The first kappa shape index (κ1) is 15.1. The zero-order chi connectivity index (χ0) is 12.3. The third-order valence-electron chi connectivity index (χ3n) is 1.07. The number of rotatable bonds is 6. The summed E-state index contributed by atoms with van der Waals surface area (Å²) in [6.45, 7) is 7.20. The van der Waals surface area contributed by atoms with Gasteiger partial charge in [-0.1, -0.05) is 0 Å². The Labute approximate surface area is 92.4 Å². The Kier molecular flexibility index (Phi) is 5.50. The average molecular weight is 257 g/mol. The smallest absolute Gasteiger partial charge is 0.215 e. The van der Waals surface area contributed by atoms with Crippen molar-refractivity contribution in [1.29, 1.82) is 0 Å². The van der Waals surface area contributed by atoms with E-state index in [1.807, 2.05) is 0 Å². The van der Waals surface area contributed by atoms with Crippen LogP contribution in [0.4, 0.5) is 0 Å². The van der Waals surface area contributed by atoms with Crippen LogP contribution < -0.4 is 4.49 Å². The lowest BCUT2D eigenvalue weighted by molar-refractivity contribution is 0.172. The van der Waals surface area contributed by atoms with Gasteiger partial charge >= 0.3 is 0 Å². The summed E-state index contributed by atoms with van der Waals surface area (Å²) in [7, 11) is -6.18. The average Bonchev–Trinajstić information content (AvgIpc) is 1.73. The van der Waals surface area contributed by atoms with Gasteiger partial charge in [-0.25, -0.2) is 8.42 Å². The van der Waals surface area contributed by atoms with Crippen molar-refractivity contribution in [2.24, 2.45) is 0 Å². The highest BCUT2D eigenvalue weighted by Crippen LogP contribution is 2.46. The fourth-order valence-electron chi connectivity index (χ4n) is 1.00. The molecule has 0 atom stereocenters. The van der Waals surface area contributed by atoms with Gasteiger partial charge < -0.3 is 9.05 Å². The molecule has 0 fully saturated rings. The van der Waals surface area contributed by atoms with E-state index in [2.05, 4.69) is 10.8 Å². The second-order valence-corrected chi connectivity index (χ2v) is 7.89. The SMILES string of the molecule is C=P(NS(C)(=O)=O)(OC(C)C)OC(C)C. The molecule has 0 aromatic rings.